The van der Waals surface area contributed by atoms with Crippen molar-refractivity contribution < 1.29 is 9.15 Å². The molecule has 1 unspecified atom stereocenters. The number of rotatable bonds is 3. The smallest absolute Gasteiger partial charge is 0.114 e. The Labute approximate surface area is 94.0 Å². The highest BCUT2D eigenvalue weighted by atomic mass is 16.5. The van der Waals surface area contributed by atoms with E-state index in [2.05, 4.69) is 10.0 Å². The van der Waals surface area contributed by atoms with Crippen LogP contribution in [0.15, 0.2) is 15.6 Å². The topological polar surface area (TPSA) is 71.1 Å². The molecule has 2 heterocycles. The van der Waals surface area contributed by atoms with Crippen LogP contribution in [0.1, 0.15) is 30.0 Å². The van der Waals surface area contributed by atoms with Gasteiger partial charge in [0, 0.05) is 10.3 Å². The maximum absolute atomic E-state index is 8.63. The zero-order chi connectivity index (χ0) is 11.8. The lowest BCUT2D eigenvalue weighted by Gasteiger charge is -2.41. The first kappa shape index (κ1) is 11.0. The van der Waals surface area contributed by atoms with Gasteiger partial charge < -0.3 is 9.15 Å². The number of ether oxygens (including phenoxy) is 1. The third-order valence-corrected chi connectivity index (χ3v) is 3.15. The average molecular weight is 221 g/mol. The Kier molecular flexibility index (Phi) is 2.66. The molecule has 1 aromatic rings. The Morgan fingerprint density at radius 2 is 2.19 bits per heavy atom. The maximum atomic E-state index is 8.63. The van der Waals surface area contributed by atoms with E-state index in [-0.39, 0.29) is 11.5 Å². The molecule has 0 spiro atoms. The van der Waals surface area contributed by atoms with Crippen LogP contribution in [-0.2, 0) is 4.74 Å². The minimum atomic E-state index is -0.279. The summed E-state index contributed by atoms with van der Waals surface area (Å²) in [6.45, 7) is 7.15. The number of aryl methyl sites for hydroxylation is 2. The second-order valence-electron chi connectivity index (χ2n) is 4.64. The zero-order valence-corrected chi connectivity index (χ0v) is 9.73. The molecule has 1 fully saturated rings. The summed E-state index contributed by atoms with van der Waals surface area (Å²) in [5.74, 6) is 1.61. The molecule has 0 saturated carbocycles. The van der Waals surface area contributed by atoms with Crippen molar-refractivity contribution in [3.8, 4) is 0 Å². The van der Waals surface area contributed by atoms with Crippen molar-refractivity contribution in [2.75, 3.05) is 13.2 Å². The molecule has 16 heavy (non-hydrogen) atoms. The molecule has 0 aliphatic carbocycles. The Bertz CT molecular complexity index is 423. The van der Waals surface area contributed by atoms with E-state index in [1.54, 1.807) is 0 Å². The van der Waals surface area contributed by atoms with Crippen LogP contribution in [0, 0.1) is 19.3 Å². The Balaban J connectivity index is 2.36. The van der Waals surface area contributed by atoms with Gasteiger partial charge >= 0.3 is 0 Å². The van der Waals surface area contributed by atoms with Gasteiger partial charge in [0.1, 0.15) is 17.6 Å². The predicted octanol–water partition coefficient (Wildman–Crippen LogP) is 3.28. The monoisotopic (exact) mass is 221 g/mol. The van der Waals surface area contributed by atoms with Crippen molar-refractivity contribution in [1.82, 2.24) is 0 Å². The molecule has 0 amide bonds. The van der Waals surface area contributed by atoms with E-state index >= 15 is 0 Å². The van der Waals surface area contributed by atoms with Crippen LogP contribution in [-0.4, -0.2) is 13.2 Å². The van der Waals surface area contributed by atoms with E-state index in [0.29, 0.717) is 13.2 Å². The molecule has 0 aromatic carbocycles. The van der Waals surface area contributed by atoms with Gasteiger partial charge in [-0.25, -0.2) is 0 Å². The average Bonchev–Trinajstić information content (AvgIpc) is 2.52. The Morgan fingerprint density at radius 1 is 1.50 bits per heavy atom. The van der Waals surface area contributed by atoms with Crippen molar-refractivity contribution in [1.29, 1.82) is 0 Å². The van der Waals surface area contributed by atoms with Gasteiger partial charge in [0.05, 0.1) is 13.2 Å². The van der Waals surface area contributed by atoms with Crippen molar-refractivity contribution >= 4 is 0 Å². The molecule has 0 bridgehead atoms. The van der Waals surface area contributed by atoms with Gasteiger partial charge in [-0.3, -0.25) is 0 Å². The number of nitrogens with zero attached hydrogens (tertiary/aromatic N) is 3. The van der Waals surface area contributed by atoms with E-state index in [1.807, 2.05) is 26.8 Å². The largest absolute Gasteiger partial charge is 0.466 e. The van der Waals surface area contributed by atoms with E-state index in [9.17, 15) is 0 Å². The molecule has 1 aliphatic heterocycles. The molecular formula is C11H15N3O2. The predicted molar refractivity (Wildman–Crippen MR) is 59.0 cm³/mol. The standard InChI is InChI=1S/C11H15N3O2/c1-7-4-9(16-8(7)2)10(13-14-12)11(3)5-15-6-11/h4,10H,5-6H2,1-3H3. The van der Waals surface area contributed by atoms with Gasteiger partial charge in [-0.15, -0.1) is 0 Å². The van der Waals surface area contributed by atoms with Crippen molar-refractivity contribution in [2.45, 2.75) is 26.8 Å². The summed E-state index contributed by atoms with van der Waals surface area (Å²) in [6, 6.07) is 1.66. The highest BCUT2D eigenvalue weighted by Gasteiger charge is 2.43. The van der Waals surface area contributed by atoms with Crippen molar-refractivity contribution in [2.24, 2.45) is 10.5 Å². The molecule has 2 rings (SSSR count). The summed E-state index contributed by atoms with van der Waals surface area (Å²) >= 11 is 0. The van der Waals surface area contributed by atoms with Crippen LogP contribution in [0.2, 0.25) is 0 Å². The minimum absolute atomic E-state index is 0.136. The van der Waals surface area contributed by atoms with E-state index in [0.717, 1.165) is 17.1 Å². The second-order valence-corrected chi connectivity index (χ2v) is 4.64. The van der Waals surface area contributed by atoms with E-state index < -0.39 is 0 Å². The number of furan rings is 1. The lowest BCUT2D eigenvalue weighted by molar-refractivity contribution is -0.118. The maximum Gasteiger partial charge on any atom is 0.114 e. The lowest BCUT2D eigenvalue weighted by atomic mass is 9.79. The van der Waals surface area contributed by atoms with Crippen molar-refractivity contribution in [3.63, 3.8) is 0 Å². The van der Waals surface area contributed by atoms with E-state index in [1.165, 1.54) is 0 Å². The summed E-state index contributed by atoms with van der Waals surface area (Å²) in [7, 11) is 0. The van der Waals surface area contributed by atoms with Crippen LogP contribution in [0.4, 0.5) is 0 Å². The number of azide groups is 1. The fourth-order valence-electron chi connectivity index (χ4n) is 1.91. The normalized spacial score (nSPS) is 19.7. The molecule has 1 atom stereocenters. The first-order valence-electron chi connectivity index (χ1n) is 5.26. The van der Waals surface area contributed by atoms with Crippen LogP contribution < -0.4 is 0 Å². The quantitative estimate of drug-likeness (QED) is 0.446. The summed E-state index contributed by atoms with van der Waals surface area (Å²) in [6.07, 6.45) is 0. The Hall–Kier alpha value is -1.45. The fourth-order valence-corrected chi connectivity index (χ4v) is 1.91. The highest BCUT2D eigenvalue weighted by molar-refractivity contribution is 5.23. The van der Waals surface area contributed by atoms with Crippen LogP contribution in [0.3, 0.4) is 0 Å². The van der Waals surface area contributed by atoms with Gasteiger partial charge in [-0.2, -0.15) is 0 Å². The number of hydrogen-bond donors (Lipinski definition) is 0. The minimum Gasteiger partial charge on any atom is -0.466 e. The lowest BCUT2D eigenvalue weighted by Crippen LogP contribution is -2.43. The first-order valence-corrected chi connectivity index (χ1v) is 5.26. The van der Waals surface area contributed by atoms with Gasteiger partial charge in [0.2, 0.25) is 0 Å². The molecule has 5 heteroatoms. The molecular weight excluding hydrogens is 206 g/mol. The van der Waals surface area contributed by atoms with Gasteiger partial charge in [-0.05, 0) is 31.0 Å². The summed E-state index contributed by atoms with van der Waals surface area (Å²) in [5, 5.41) is 3.85. The van der Waals surface area contributed by atoms with Gasteiger partial charge in [-0.1, -0.05) is 12.0 Å². The van der Waals surface area contributed by atoms with Gasteiger partial charge in [0.15, 0.2) is 0 Å². The number of hydrogen-bond acceptors (Lipinski definition) is 3. The third kappa shape index (κ3) is 1.68. The molecule has 5 nitrogen and oxygen atoms in total. The fraction of sp³-hybridized carbons (Fsp3) is 0.636. The van der Waals surface area contributed by atoms with Crippen molar-refractivity contribution in [3.05, 3.63) is 33.6 Å². The SMILES string of the molecule is Cc1cc(C(N=[N+]=[N-])C2(C)COC2)oc1C. The summed E-state index contributed by atoms with van der Waals surface area (Å²) in [4.78, 5) is 2.91. The third-order valence-electron chi connectivity index (χ3n) is 3.15. The Morgan fingerprint density at radius 3 is 2.56 bits per heavy atom. The molecule has 86 valence electrons. The molecule has 0 N–H and O–H groups in total. The zero-order valence-electron chi connectivity index (χ0n) is 9.73. The second kappa shape index (κ2) is 3.85. The molecule has 1 aliphatic rings. The molecule has 1 aromatic heterocycles. The summed E-state index contributed by atoms with van der Waals surface area (Å²) < 4.78 is 10.8. The molecule has 1 saturated heterocycles. The summed E-state index contributed by atoms with van der Waals surface area (Å²) in [5.41, 5.74) is 9.58. The molecule has 0 radical (unpaired) electrons. The van der Waals surface area contributed by atoms with Crippen LogP contribution in [0.5, 0.6) is 0 Å². The highest BCUT2D eigenvalue weighted by Crippen LogP contribution is 2.43. The van der Waals surface area contributed by atoms with E-state index in [4.69, 9.17) is 14.7 Å². The van der Waals surface area contributed by atoms with Crippen LogP contribution in [0.25, 0.3) is 10.4 Å². The van der Waals surface area contributed by atoms with Crippen LogP contribution >= 0.6 is 0 Å². The van der Waals surface area contributed by atoms with Gasteiger partial charge in [0.25, 0.3) is 0 Å². The first-order chi connectivity index (χ1) is 7.57.